The summed E-state index contributed by atoms with van der Waals surface area (Å²) in [6.07, 6.45) is -8.96. The number of carbonyl (C=O) groups excluding carboxylic acids is 1. The largest absolute Gasteiger partial charge is 0.448 e. The fourth-order valence-electron chi connectivity index (χ4n) is 5.90. The molecule has 2 heterocycles. The van der Waals surface area contributed by atoms with Gasteiger partial charge in [-0.05, 0) is 58.0 Å². The number of nitrogens with zero attached hydrogens (tertiary/aromatic N) is 1. The maximum atomic E-state index is 13.4. The maximum Gasteiger partial charge on any atom is 0.416 e. The molecule has 0 N–H and O–H groups in total. The van der Waals surface area contributed by atoms with E-state index in [1.54, 1.807) is 0 Å². The van der Waals surface area contributed by atoms with Gasteiger partial charge >= 0.3 is 18.4 Å². The monoisotopic (exact) mass is 559 g/mol. The van der Waals surface area contributed by atoms with E-state index in [0.29, 0.717) is 5.57 Å². The van der Waals surface area contributed by atoms with Crippen LogP contribution in [0.5, 0.6) is 0 Å². The predicted octanol–water partition coefficient (Wildman–Crippen LogP) is 7.53. The van der Waals surface area contributed by atoms with Crippen LogP contribution in [0.15, 0.2) is 72.8 Å². The molecule has 3 aromatic carbocycles. The Bertz CT molecular complexity index is 1420. The van der Waals surface area contributed by atoms with Crippen LogP contribution in [-0.2, 0) is 21.8 Å². The molecule has 0 radical (unpaired) electrons. The summed E-state index contributed by atoms with van der Waals surface area (Å²) in [5, 5.41) is 0. The highest BCUT2D eigenvalue weighted by Crippen LogP contribution is 2.45. The van der Waals surface area contributed by atoms with Gasteiger partial charge in [-0.25, -0.2) is 4.79 Å². The lowest BCUT2D eigenvalue weighted by molar-refractivity contribution is -0.143. The minimum Gasteiger partial charge on any atom is -0.448 e. The molecule has 3 aliphatic rings. The Morgan fingerprint density at radius 1 is 0.850 bits per heavy atom. The average Bonchev–Trinajstić information content (AvgIpc) is 3.23. The molecule has 3 aromatic rings. The Balaban J connectivity index is 1.25. The Morgan fingerprint density at radius 2 is 1.43 bits per heavy atom. The number of hydrogen-bond donors (Lipinski definition) is 0. The first-order valence-electron chi connectivity index (χ1n) is 12.7. The van der Waals surface area contributed by atoms with Crippen molar-refractivity contribution in [3.63, 3.8) is 0 Å². The van der Waals surface area contributed by atoms with Crippen LogP contribution in [0.2, 0.25) is 0 Å². The normalized spacial score (nSPS) is 20.6. The summed E-state index contributed by atoms with van der Waals surface area (Å²) in [4.78, 5) is 14.8. The van der Waals surface area contributed by atoms with Crippen LogP contribution in [0, 0.1) is 0 Å². The second kappa shape index (κ2) is 9.69. The van der Waals surface area contributed by atoms with Gasteiger partial charge in [0.2, 0.25) is 0 Å². The molecule has 0 spiro atoms. The third kappa shape index (κ3) is 4.74. The van der Waals surface area contributed by atoms with E-state index < -0.39 is 41.7 Å². The van der Waals surface area contributed by atoms with Crippen molar-refractivity contribution in [1.82, 2.24) is 4.90 Å². The predicted molar refractivity (Wildman–Crippen MR) is 134 cm³/mol. The van der Waals surface area contributed by atoms with Gasteiger partial charge < -0.3 is 9.47 Å². The summed E-state index contributed by atoms with van der Waals surface area (Å²) in [5.74, 6) is -0.158. The lowest BCUT2D eigenvalue weighted by Crippen LogP contribution is -2.56. The zero-order valence-electron chi connectivity index (χ0n) is 20.9. The van der Waals surface area contributed by atoms with E-state index in [1.165, 1.54) is 11.0 Å². The van der Waals surface area contributed by atoms with Gasteiger partial charge in [0.05, 0.1) is 36.4 Å². The summed E-state index contributed by atoms with van der Waals surface area (Å²) in [5.41, 5.74) is 1.63. The lowest BCUT2D eigenvalue weighted by atomic mass is 9.88. The number of amides is 1. The van der Waals surface area contributed by atoms with E-state index in [0.717, 1.165) is 34.4 Å². The first kappa shape index (κ1) is 26.4. The molecular weight excluding hydrogens is 536 g/mol. The van der Waals surface area contributed by atoms with Gasteiger partial charge in [-0.15, -0.1) is 0 Å². The van der Waals surface area contributed by atoms with E-state index in [2.05, 4.69) is 0 Å². The van der Waals surface area contributed by atoms with E-state index in [9.17, 15) is 31.1 Å². The third-order valence-corrected chi connectivity index (χ3v) is 7.70. The summed E-state index contributed by atoms with van der Waals surface area (Å²) in [7, 11) is 0. The van der Waals surface area contributed by atoms with Gasteiger partial charge in [0.25, 0.3) is 0 Å². The van der Waals surface area contributed by atoms with Crippen molar-refractivity contribution in [2.45, 2.75) is 36.8 Å². The number of fused-ring (bicyclic) bond motifs is 5. The molecule has 1 fully saturated rings. The van der Waals surface area contributed by atoms with Crippen LogP contribution >= 0.6 is 0 Å². The molecule has 1 amide bonds. The van der Waals surface area contributed by atoms with Crippen molar-refractivity contribution in [1.29, 1.82) is 0 Å². The Morgan fingerprint density at radius 3 is 1.98 bits per heavy atom. The van der Waals surface area contributed by atoms with Gasteiger partial charge in [0, 0.05) is 5.92 Å². The van der Waals surface area contributed by atoms with Gasteiger partial charge in [-0.1, -0.05) is 54.6 Å². The van der Waals surface area contributed by atoms with Gasteiger partial charge in [-0.3, -0.25) is 4.90 Å². The number of carbonyl (C=O) groups is 1. The SMILES string of the molecule is O=C(OCC1c2ccccc2-c2ccccc21)N1C2C=C(c3cc(C(F)(F)F)cc(C(F)(F)F)c3)CC1COC2. The quantitative estimate of drug-likeness (QED) is 0.312. The number of hydrogen-bond acceptors (Lipinski definition) is 3. The van der Waals surface area contributed by atoms with Gasteiger partial charge in [0.15, 0.2) is 0 Å². The molecule has 6 rings (SSSR count). The highest BCUT2D eigenvalue weighted by molar-refractivity contribution is 5.79. The summed E-state index contributed by atoms with van der Waals surface area (Å²) < 4.78 is 91.9. The second-order valence-electron chi connectivity index (χ2n) is 10.2. The molecule has 40 heavy (non-hydrogen) atoms. The summed E-state index contributed by atoms with van der Waals surface area (Å²) in [6.45, 7) is 0.223. The van der Waals surface area contributed by atoms with Gasteiger partial charge in [-0.2, -0.15) is 26.3 Å². The zero-order valence-corrected chi connectivity index (χ0v) is 20.9. The van der Waals surface area contributed by atoms with E-state index in [1.807, 2.05) is 48.5 Å². The molecule has 10 heteroatoms. The molecule has 2 bridgehead atoms. The lowest BCUT2D eigenvalue weighted by Gasteiger charge is -2.44. The highest BCUT2D eigenvalue weighted by Gasteiger charge is 2.42. The molecule has 0 aromatic heterocycles. The number of morpholine rings is 1. The van der Waals surface area contributed by atoms with Crippen LogP contribution in [-0.4, -0.2) is 42.9 Å². The standard InChI is InChI=1S/C30H23F6NO3/c31-29(32,33)19-9-17(10-20(13-19)30(34,35)36)18-11-21-14-39-15-22(12-18)37(21)28(38)40-16-27-25-7-3-1-5-23(25)24-6-2-4-8-26(24)27/h1-11,13,21-22,27H,12,14-16H2. The highest BCUT2D eigenvalue weighted by atomic mass is 19.4. The Labute approximate surface area is 225 Å². The van der Waals surface area contributed by atoms with Crippen LogP contribution in [0.4, 0.5) is 31.1 Å². The molecule has 0 saturated carbocycles. The smallest absolute Gasteiger partial charge is 0.416 e. The topological polar surface area (TPSA) is 38.8 Å². The van der Waals surface area contributed by atoms with Crippen LogP contribution < -0.4 is 0 Å². The number of alkyl halides is 6. The Kier molecular flexibility index (Phi) is 6.40. The van der Waals surface area contributed by atoms with E-state index in [-0.39, 0.29) is 43.8 Å². The molecular formula is C30H23F6NO3. The molecule has 208 valence electrons. The molecule has 1 saturated heterocycles. The Hall–Kier alpha value is -3.79. The summed E-state index contributed by atoms with van der Waals surface area (Å²) in [6, 6.07) is 16.1. The van der Waals surface area contributed by atoms with Crippen molar-refractivity contribution in [3.05, 3.63) is 101 Å². The van der Waals surface area contributed by atoms with E-state index in [4.69, 9.17) is 9.47 Å². The van der Waals surface area contributed by atoms with Crippen LogP contribution in [0.1, 0.15) is 40.2 Å². The van der Waals surface area contributed by atoms with Crippen molar-refractivity contribution in [2.75, 3.05) is 19.8 Å². The van der Waals surface area contributed by atoms with Crippen LogP contribution in [0.3, 0.4) is 0 Å². The van der Waals surface area contributed by atoms with Crippen LogP contribution in [0.25, 0.3) is 16.7 Å². The van der Waals surface area contributed by atoms with Crippen molar-refractivity contribution in [3.8, 4) is 11.1 Å². The van der Waals surface area contributed by atoms with Crippen molar-refractivity contribution >= 4 is 11.7 Å². The number of ether oxygens (including phenoxy) is 2. The molecule has 4 nitrogen and oxygen atoms in total. The number of rotatable bonds is 3. The molecule has 2 atom stereocenters. The first-order valence-corrected chi connectivity index (χ1v) is 12.7. The fraction of sp³-hybridized carbons (Fsp3) is 0.300. The summed E-state index contributed by atoms with van der Waals surface area (Å²) >= 11 is 0. The fourth-order valence-corrected chi connectivity index (χ4v) is 5.90. The minimum atomic E-state index is -4.95. The maximum absolute atomic E-state index is 13.4. The molecule has 1 aliphatic carbocycles. The third-order valence-electron chi connectivity index (χ3n) is 7.70. The zero-order chi connectivity index (χ0) is 28.2. The number of halogens is 6. The second-order valence-corrected chi connectivity index (χ2v) is 10.2. The minimum absolute atomic E-state index is 0.0271. The van der Waals surface area contributed by atoms with Crippen molar-refractivity contribution in [2.24, 2.45) is 0 Å². The molecule has 2 aliphatic heterocycles. The van der Waals surface area contributed by atoms with Crippen molar-refractivity contribution < 1.29 is 40.6 Å². The first-order chi connectivity index (χ1) is 19.0. The van der Waals surface area contributed by atoms with E-state index >= 15 is 0 Å². The molecule has 2 unspecified atom stereocenters. The number of benzene rings is 3. The van der Waals surface area contributed by atoms with Gasteiger partial charge in [0.1, 0.15) is 6.61 Å². The average molecular weight is 560 g/mol.